The third-order valence-corrected chi connectivity index (χ3v) is 3.98. The van der Waals surface area contributed by atoms with Gasteiger partial charge in [0.15, 0.2) is 0 Å². The number of hydrogen-bond donors (Lipinski definition) is 0. The van der Waals surface area contributed by atoms with Gasteiger partial charge in [-0.15, -0.1) is 0 Å². The van der Waals surface area contributed by atoms with Gasteiger partial charge in [-0.25, -0.2) is 4.79 Å². The molecule has 1 aliphatic carbocycles. The predicted octanol–water partition coefficient (Wildman–Crippen LogP) is 3.09. The summed E-state index contributed by atoms with van der Waals surface area (Å²) >= 11 is 0. The van der Waals surface area contributed by atoms with Crippen LogP contribution in [0.5, 0.6) is 0 Å². The van der Waals surface area contributed by atoms with Crippen molar-refractivity contribution in [3.05, 3.63) is 35.5 Å². The molecule has 0 amide bonds. The summed E-state index contributed by atoms with van der Waals surface area (Å²) in [6.07, 6.45) is 5.80. The lowest BCUT2D eigenvalue weighted by molar-refractivity contribution is -0.149. The van der Waals surface area contributed by atoms with E-state index in [9.17, 15) is 9.59 Å². The summed E-state index contributed by atoms with van der Waals surface area (Å²) in [5, 5.41) is 0. The van der Waals surface area contributed by atoms with Crippen molar-refractivity contribution < 1.29 is 19.1 Å². The number of rotatable bonds is 1. The molecule has 2 aliphatic rings. The molecular weight excluding hydrogens is 268 g/mol. The topological polar surface area (TPSA) is 52.6 Å². The van der Waals surface area contributed by atoms with E-state index in [-0.39, 0.29) is 18.0 Å². The molecule has 1 aliphatic heterocycles. The molecule has 0 radical (unpaired) electrons. The van der Waals surface area contributed by atoms with Crippen LogP contribution < -0.4 is 0 Å². The van der Waals surface area contributed by atoms with Crippen molar-refractivity contribution in [2.75, 3.05) is 0 Å². The summed E-state index contributed by atoms with van der Waals surface area (Å²) in [7, 11) is 0. The summed E-state index contributed by atoms with van der Waals surface area (Å²) in [5.74, 6) is -1.05. The third-order valence-electron chi connectivity index (χ3n) is 3.98. The predicted molar refractivity (Wildman–Crippen MR) is 79.4 cm³/mol. The van der Waals surface area contributed by atoms with Gasteiger partial charge in [0.05, 0.1) is 5.92 Å². The maximum atomic E-state index is 11.9. The second-order valence-electron chi connectivity index (χ2n) is 5.88. The molecule has 4 heteroatoms. The second kappa shape index (κ2) is 6.29. The highest BCUT2D eigenvalue weighted by Gasteiger charge is 2.44. The number of carbonyl (C=O) groups is 2. The fraction of sp³-hybridized carbons (Fsp3) is 0.529. The Morgan fingerprint density at radius 1 is 1.38 bits per heavy atom. The molecule has 1 saturated heterocycles. The summed E-state index contributed by atoms with van der Waals surface area (Å²) in [5.41, 5.74) is 2.71. The Morgan fingerprint density at radius 3 is 2.76 bits per heavy atom. The van der Waals surface area contributed by atoms with E-state index in [2.05, 4.69) is 12.7 Å². The van der Waals surface area contributed by atoms with Crippen molar-refractivity contribution in [3.63, 3.8) is 0 Å². The molecule has 0 aromatic carbocycles. The molecular formula is C17H22O4. The van der Waals surface area contributed by atoms with E-state index in [0.29, 0.717) is 12.0 Å². The quantitative estimate of drug-likeness (QED) is 0.423. The Hall–Kier alpha value is -1.84. The van der Waals surface area contributed by atoms with Crippen molar-refractivity contribution in [3.8, 4) is 0 Å². The van der Waals surface area contributed by atoms with Crippen molar-refractivity contribution in [2.45, 2.75) is 52.2 Å². The van der Waals surface area contributed by atoms with E-state index >= 15 is 0 Å². The first-order valence-corrected chi connectivity index (χ1v) is 7.28. The largest absolute Gasteiger partial charge is 0.461 e. The molecule has 0 spiro atoms. The molecule has 0 saturated carbocycles. The minimum atomic E-state index is -0.412. The van der Waals surface area contributed by atoms with Crippen LogP contribution in [-0.4, -0.2) is 24.1 Å². The summed E-state index contributed by atoms with van der Waals surface area (Å²) in [6.45, 7) is 9.27. The first kappa shape index (κ1) is 15.5. The summed E-state index contributed by atoms with van der Waals surface area (Å²) < 4.78 is 10.9. The second-order valence-corrected chi connectivity index (χ2v) is 5.88. The van der Waals surface area contributed by atoms with Gasteiger partial charge >= 0.3 is 11.9 Å². The maximum absolute atomic E-state index is 11.9. The van der Waals surface area contributed by atoms with Gasteiger partial charge in [0.25, 0.3) is 0 Å². The first-order chi connectivity index (χ1) is 9.88. The van der Waals surface area contributed by atoms with Crippen LogP contribution in [0.25, 0.3) is 0 Å². The summed E-state index contributed by atoms with van der Waals surface area (Å²) in [4.78, 5) is 23.2. The Kier molecular flexibility index (Phi) is 4.66. The van der Waals surface area contributed by atoms with Crippen molar-refractivity contribution in [1.29, 1.82) is 0 Å². The molecule has 1 fully saturated rings. The first-order valence-electron chi connectivity index (χ1n) is 7.28. The van der Waals surface area contributed by atoms with Gasteiger partial charge in [-0.2, -0.15) is 0 Å². The number of hydrogen-bond acceptors (Lipinski definition) is 4. The maximum Gasteiger partial charge on any atom is 0.334 e. The minimum absolute atomic E-state index is 0.308. The van der Waals surface area contributed by atoms with Crippen LogP contribution in [0.3, 0.4) is 0 Å². The Morgan fingerprint density at radius 2 is 2.10 bits per heavy atom. The minimum Gasteiger partial charge on any atom is -0.461 e. The van der Waals surface area contributed by atoms with Crippen LogP contribution in [0, 0.1) is 5.92 Å². The van der Waals surface area contributed by atoms with Crippen LogP contribution >= 0.6 is 0 Å². The highest BCUT2D eigenvalue weighted by atomic mass is 16.6. The van der Waals surface area contributed by atoms with Gasteiger partial charge < -0.3 is 9.47 Å². The number of carbonyl (C=O) groups excluding carboxylic acids is 2. The average Bonchev–Trinajstić information content (AvgIpc) is 2.62. The van der Waals surface area contributed by atoms with Gasteiger partial charge in [-0.1, -0.05) is 23.8 Å². The number of esters is 2. The monoisotopic (exact) mass is 290 g/mol. The highest BCUT2D eigenvalue weighted by molar-refractivity contribution is 5.91. The van der Waals surface area contributed by atoms with E-state index < -0.39 is 12.1 Å². The Bertz CT molecular complexity index is 527. The van der Waals surface area contributed by atoms with Gasteiger partial charge in [-0.05, 0) is 32.8 Å². The van der Waals surface area contributed by atoms with Crippen LogP contribution in [-0.2, 0) is 19.1 Å². The van der Waals surface area contributed by atoms with E-state index in [1.165, 1.54) is 12.5 Å². The van der Waals surface area contributed by atoms with Crippen molar-refractivity contribution >= 4 is 11.9 Å². The lowest BCUT2D eigenvalue weighted by atomic mass is 9.85. The number of fused-ring (bicyclic) bond motifs is 1. The Balaban J connectivity index is 2.39. The van der Waals surface area contributed by atoms with Crippen LogP contribution in [0.1, 0.15) is 40.0 Å². The van der Waals surface area contributed by atoms with E-state index in [1.807, 2.05) is 19.9 Å². The van der Waals surface area contributed by atoms with Gasteiger partial charge in [0.1, 0.15) is 12.2 Å². The molecule has 0 unspecified atom stereocenters. The average molecular weight is 290 g/mol. The van der Waals surface area contributed by atoms with Crippen LogP contribution in [0.2, 0.25) is 0 Å². The zero-order valence-corrected chi connectivity index (χ0v) is 12.8. The molecule has 0 aromatic rings. The lowest BCUT2D eigenvalue weighted by Gasteiger charge is -2.26. The zero-order chi connectivity index (χ0) is 15.6. The molecule has 1 heterocycles. The molecule has 0 N–H and O–H groups in total. The number of ether oxygens (including phenoxy) is 2. The standard InChI is InChI=1S/C17H22O4/c1-10-6-5-7-11(2)9-15-16(12(3)17(19)21-15)14(8-10)20-13(4)18/h6,9,14-16H,3,5,7-8H2,1-2,4H3/b10-6+,11-9?/t14-,15-,16-/m1/s1. The van der Waals surface area contributed by atoms with E-state index in [1.54, 1.807) is 0 Å². The molecule has 2 rings (SSSR count). The fourth-order valence-electron chi connectivity index (χ4n) is 2.95. The van der Waals surface area contributed by atoms with Gasteiger partial charge in [0, 0.05) is 18.9 Å². The lowest BCUT2D eigenvalue weighted by Crippen LogP contribution is -2.32. The molecule has 21 heavy (non-hydrogen) atoms. The normalized spacial score (nSPS) is 32.4. The van der Waals surface area contributed by atoms with Crippen LogP contribution in [0.4, 0.5) is 0 Å². The van der Waals surface area contributed by atoms with Gasteiger partial charge in [0.2, 0.25) is 0 Å². The highest BCUT2D eigenvalue weighted by Crippen LogP contribution is 2.36. The van der Waals surface area contributed by atoms with Crippen LogP contribution in [0.15, 0.2) is 35.5 Å². The van der Waals surface area contributed by atoms with Gasteiger partial charge in [-0.3, -0.25) is 4.79 Å². The van der Waals surface area contributed by atoms with E-state index in [4.69, 9.17) is 9.47 Å². The Labute approximate surface area is 125 Å². The smallest absolute Gasteiger partial charge is 0.334 e. The summed E-state index contributed by atoms with van der Waals surface area (Å²) in [6, 6.07) is 0. The molecule has 0 bridgehead atoms. The zero-order valence-electron chi connectivity index (χ0n) is 12.8. The molecule has 114 valence electrons. The SMILES string of the molecule is C=C1C(=O)O[C@@H]2C=C(C)CC/C=C(\C)C[C@@H](OC(C)=O)[C@@H]12. The molecule has 4 nitrogen and oxygen atoms in total. The fourth-order valence-corrected chi connectivity index (χ4v) is 2.95. The van der Waals surface area contributed by atoms with Crippen molar-refractivity contribution in [1.82, 2.24) is 0 Å². The van der Waals surface area contributed by atoms with Crippen molar-refractivity contribution in [2.24, 2.45) is 5.92 Å². The number of allylic oxidation sites excluding steroid dienone is 2. The van der Waals surface area contributed by atoms with E-state index in [0.717, 1.165) is 18.4 Å². The molecule has 0 aromatic heterocycles. The molecule has 3 atom stereocenters. The third kappa shape index (κ3) is 3.63.